The maximum absolute atomic E-state index is 14.3. The van der Waals surface area contributed by atoms with E-state index in [2.05, 4.69) is 10.3 Å². The number of rotatable bonds is 10. The number of nitrogens with zero attached hydrogens (tertiary/aromatic N) is 1. The second-order valence-corrected chi connectivity index (χ2v) is 11.5. The second kappa shape index (κ2) is 10.1. The number of hydrogen-bond acceptors (Lipinski definition) is 3. The second-order valence-electron chi connectivity index (χ2n) is 6.78. The standard InChI is InChI=1S/C20H26F4N2OSi/c1-4-28(5-2,6-3)27-19(20-17(23)11-26-12-18(20)24)13-25-10-14-7-15(21)9-16(22)8-14/h7-9,11-12,19,25H,4-6,10,13H2,1-3H3. The summed E-state index contributed by atoms with van der Waals surface area (Å²) in [5, 5.41) is 3.01. The van der Waals surface area contributed by atoms with E-state index >= 15 is 0 Å². The molecule has 0 aliphatic heterocycles. The van der Waals surface area contributed by atoms with Gasteiger partial charge in [0.25, 0.3) is 0 Å². The molecule has 1 heterocycles. The van der Waals surface area contributed by atoms with Crippen molar-refractivity contribution in [3.63, 3.8) is 0 Å². The molecule has 0 radical (unpaired) electrons. The lowest BCUT2D eigenvalue weighted by molar-refractivity contribution is 0.176. The van der Waals surface area contributed by atoms with Crippen molar-refractivity contribution >= 4 is 8.32 Å². The Hall–Kier alpha value is -1.77. The predicted molar refractivity (Wildman–Crippen MR) is 103 cm³/mol. The van der Waals surface area contributed by atoms with Crippen LogP contribution in [0.15, 0.2) is 30.6 Å². The quantitative estimate of drug-likeness (QED) is 0.412. The van der Waals surface area contributed by atoms with E-state index in [9.17, 15) is 17.6 Å². The smallest absolute Gasteiger partial charge is 0.192 e. The van der Waals surface area contributed by atoms with Crippen molar-refractivity contribution in [2.24, 2.45) is 0 Å². The Bertz CT molecular complexity index is 738. The summed E-state index contributed by atoms with van der Waals surface area (Å²) in [6.07, 6.45) is 1.07. The highest BCUT2D eigenvalue weighted by atomic mass is 28.4. The maximum Gasteiger partial charge on any atom is 0.192 e. The molecule has 0 aliphatic rings. The van der Waals surface area contributed by atoms with E-state index in [4.69, 9.17) is 4.43 Å². The Balaban J connectivity index is 2.23. The van der Waals surface area contributed by atoms with Gasteiger partial charge in [-0.1, -0.05) is 20.8 Å². The molecule has 1 N–H and O–H groups in total. The number of benzene rings is 1. The van der Waals surface area contributed by atoms with Gasteiger partial charge in [0.05, 0.1) is 24.1 Å². The molecular formula is C20H26F4N2OSi. The van der Waals surface area contributed by atoms with Crippen LogP contribution in [-0.2, 0) is 11.0 Å². The number of halogens is 4. The van der Waals surface area contributed by atoms with Crippen LogP contribution in [0.3, 0.4) is 0 Å². The number of pyridine rings is 1. The van der Waals surface area contributed by atoms with E-state index in [1.54, 1.807) is 0 Å². The summed E-state index contributed by atoms with van der Waals surface area (Å²) in [6.45, 7) is 6.32. The van der Waals surface area contributed by atoms with Crippen LogP contribution < -0.4 is 5.32 Å². The molecule has 0 saturated heterocycles. The van der Waals surface area contributed by atoms with Gasteiger partial charge in [-0.05, 0) is 35.8 Å². The first-order valence-corrected chi connectivity index (χ1v) is 12.0. The Morgan fingerprint density at radius 1 is 0.929 bits per heavy atom. The molecule has 1 aromatic heterocycles. The fourth-order valence-corrected chi connectivity index (χ4v) is 6.10. The minimum Gasteiger partial charge on any atom is -0.408 e. The molecule has 2 rings (SSSR count). The first-order valence-electron chi connectivity index (χ1n) is 9.46. The van der Waals surface area contributed by atoms with Crippen LogP contribution in [0, 0.1) is 23.3 Å². The van der Waals surface area contributed by atoms with Crippen LogP contribution >= 0.6 is 0 Å². The number of nitrogens with one attached hydrogen (secondary N) is 1. The topological polar surface area (TPSA) is 34.1 Å². The van der Waals surface area contributed by atoms with E-state index in [1.807, 2.05) is 20.8 Å². The van der Waals surface area contributed by atoms with Crippen molar-refractivity contribution < 1.29 is 22.0 Å². The fraction of sp³-hybridized carbons (Fsp3) is 0.450. The van der Waals surface area contributed by atoms with Crippen molar-refractivity contribution in [3.8, 4) is 0 Å². The third-order valence-corrected chi connectivity index (χ3v) is 9.77. The van der Waals surface area contributed by atoms with E-state index in [1.165, 1.54) is 12.1 Å². The SMILES string of the molecule is CC[Si](CC)(CC)OC(CNCc1cc(F)cc(F)c1)c1c(F)cncc1F. The molecule has 2 aromatic rings. The highest BCUT2D eigenvalue weighted by Gasteiger charge is 2.34. The van der Waals surface area contributed by atoms with Crippen LogP contribution in [0.2, 0.25) is 18.1 Å². The Morgan fingerprint density at radius 3 is 1.96 bits per heavy atom. The van der Waals surface area contributed by atoms with E-state index in [0.717, 1.165) is 36.6 Å². The van der Waals surface area contributed by atoms with Gasteiger partial charge in [0, 0.05) is 19.2 Å². The van der Waals surface area contributed by atoms with Crippen LogP contribution in [0.4, 0.5) is 17.6 Å². The summed E-state index contributed by atoms with van der Waals surface area (Å²) in [5.41, 5.74) is 0.233. The predicted octanol–water partition coefficient (Wildman–Crippen LogP) is 5.49. The van der Waals surface area contributed by atoms with Gasteiger partial charge in [0.15, 0.2) is 8.32 Å². The molecular weight excluding hydrogens is 388 g/mol. The monoisotopic (exact) mass is 414 g/mol. The van der Waals surface area contributed by atoms with Gasteiger partial charge in [0.1, 0.15) is 23.3 Å². The fourth-order valence-electron chi connectivity index (χ4n) is 3.29. The summed E-state index contributed by atoms with van der Waals surface area (Å²) in [6, 6.07) is 5.67. The molecule has 1 unspecified atom stereocenters. The summed E-state index contributed by atoms with van der Waals surface area (Å²) in [4.78, 5) is 3.53. The Kier molecular flexibility index (Phi) is 8.15. The zero-order valence-corrected chi connectivity index (χ0v) is 17.4. The summed E-state index contributed by atoms with van der Waals surface area (Å²) in [7, 11) is -2.17. The third-order valence-electron chi connectivity index (χ3n) is 5.12. The van der Waals surface area contributed by atoms with Crippen LogP contribution in [-0.4, -0.2) is 19.8 Å². The molecule has 3 nitrogen and oxygen atoms in total. The highest BCUT2D eigenvalue weighted by molar-refractivity contribution is 6.73. The van der Waals surface area contributed by atoms with Gasteiger partial charge in [-0.15, -0.1) is 0 Å². The third kappa shape index (κ3) is 5.62. The minimum absolute atomic E-state index is 0.102. The van der Waals surface area contributed by atoms with Gasteiger partial charge >= 0.3 is 0 Å². The first-order chi connectivity index (χ1) is 13.3. The molecule has 0 spiro atoms. The lowest BCUT2D eigenvalue weighted by Crippen LogP contribution is -2.40. The van der Waals surface area contributed by atoms with Crippen molar-refractivity contribution in [1.29, 1.82) is 0 Å². The van der Waals surface area contributed by atoms with Crippen LogP contribution in [0.25, 0.3) is 0 Å². The highest BCUT2D eigenvalue weighted by Crippen LogP contribution is 2.31. The van der Waals surface area contributed by atoms with Gasteiger partial charge in [-0.2, -0.15) is 0 Å². The average molecular weight is 415 g/mol. The van der Waals surface area contributed by atoms with Gasteiger partial charge in [-0.25, -0.2) is 17.6 Å². The molecule has 0 aliphatic carbocycles. The van der Waals surface area contributed by atoms with E-state index in [0.29, 0.717) is 5.56 Å². The Labute approximate surface area is 164 Å². The molecule has 0 saturated carbocycles. The average Bonchev–Trinajstić information content (AvgIpc) is 2.65. The lowest BCUT2D eigenvalue weighted by atomic mass is 10.1. The molecule has 8 heteroatoms. The summed E-state index contributed by atoms with van der Waals surface area (Å²) >= 11 is 0. The number of hydrogen-bond donors (Lipinski definition) is 1. The summed E-state index contributed by atoms with van der Waals surface area (Å²) < 4.78 is 61.7. The molecule has 0 fully saturated rings. The van der Waals surface area contributed by atoms with Gasteiger partial charge in [-0.3, -0.25) is 4.98 Å². The molecule has 154 valence electrons. The van der Waals surface area contributed by atoms with Crippen molar-refractivity contribution in [2.75, 3.05) is 6.54 Å². The molecule has 1 atom stereocenters. The van der Waals surface area contributed by atoms with E-state index in [-0.39, 0.29) is 18.7 Å². The molecule has 0 bridgehead atoms. The van der Waals surface area contributed by atoms with E-state index < -0.39 is 37.7 Å². The van der Waals surface area contributed by atoms with Gasteiger partial charge < -0.3 is 9.74 Å². The molecule has 28 heavy (non-hydrogen) atoms. The number of aromatic nitrogens is 1. The Morgan fingerprint density at radius 2 is 1.46 bits per heavy atom. The van der Waals surface area contributed by atoms with Crippen molar-refractivity contribution in [1.82, 2.24) is 10.3 Å². The first kappa shape index (κ1) is 22.5. The van der Waals surface area contributed by atoms with Gasteiger partial charge in [0.2, 0.25) is 0 Å². The zero-order chi connectivity index (χ0) is 20.7. The largest absolute Gasteiger partial charge is 0.408 e. The van der Waals surface area contributed by atoms with Crippen LogP contribution in [0.1, 0.15) is 38.0 Å². The lowest BCUT2D eigenvalue weighted by Gasteiger charge is -2.34. The van der Waals surface area contributed by atoms with Crippen molar-refractivity contribution in [2.45, 2.75) is 51.6 Å². The molecule has 0 amide bonds. The summed E-state index contributed by atoms with van der Waals surface area (Å²) in [5.74, 6) is -2.89. The minimum atomic E-state index is -2.17. The maximum atomic E-state index is 14.3. The zero-order valence-electron chi connectivity index (χ0n) is 16.4. The van der Waals surface area contributed by atoms with Crippen molar-refractivity contribution in [3.05, 3.63) is 65.0 Å². The van der Waals surface area contributed by atoms with Crippen LogP contribution in [0.5, 0.6) is 0 Å². The normalized spacial score (nSPS) is 13.0. The molecule has 1 aromatic carbocycles.